The molecule has 0 spiro atoms. The summed E-state index contributed by atoms with van der Waals surface area (Å²) < 4.78 is 6.99. The van der Waals surface area contributed by atoms with Crippen molar-refractivity contribution in [2.24, 2.45) is 0 Å². The molecule has 0 aromatic carbocycles. The van der Waals surface area contributed by atoms with E-state index < -0.39 is 24.5 Å². The fraction of sp³-hybridized carbons (Fsp3) is 0.500. The van der Waals surface area contributed by atoms with E-state index in [0.717, 1.165) is 0 Å². The number of aliphatic hydroxyl groups excluding tert-OH is 3. The summed E-state index contributed by atoms with van der Waals surface area (Å²) in [6.45, 7) is -0.303. The van der Waals surface area contributed by atoms with Gasteiger partial charge in [0, 0.05) is 12.1 Å². The third-order valence-corrected chi connectivity index (χ3v) is 2.55. The van der Waals surface area contributed by atoms with E-state index in [0.29, 0.717) is 0 Å². The third-order valence-electron chi connectivity index (χ3n) is 2.55. The number of rotatable bonds is 2. The number of nitrogens with zero attached hydrogens (tertiary/aromatic N) is 1. The smallest absolute Gasteiger partial charge is 0.292 e. The summed E-state index contributed by atoms with van der Waals surface area (Å²) in [5.41, 5.74) is 0. The fourth-order valence-electron chi connectivity index (χ4n) is 1.71. The van der Waals surface area contributed by atoms with E-state index in [-0.39, 0.29) is 6.61 Å². The molecule has 0 saturated carbocycles. The Labute approximate surface area is 87.2 Å². The highest BCUT2D eigenvalue weighted by molar-refractivity contribution is 4.87. The van der Waals surface area contributed by atoms with Crippen LogP contribution >= 0.6 is 0 Å². The van der Waals surface area contributed by atoms with Crippen LogP contribution in [-0.4, -0.2) is 40.2 Å². The second-order valence-electron chi connectivity index (χ2n) is 3.55. The van der Waals surface area contributed by atoms with Crippen LogP contribution in [0.3, 0.4) is 0 Å². The van der Waals surface area contributed by atoms with E-state index in [2.05, 4.69) is 0 Å². The first kappa shape index (κ1) is 10.5. The summed E-state index contributed by atoms with van der Waals surface area (Å²) in [6, 6.07) is 5.45. The lowest BCUT2D eigenvalue weighted by Crippen LogP contribution is -2.45. The zero-order valence-electron chi connectivity index (χ0n) is 8.10. The first-order chi connectivity index (χ1) is 7.24. The Morgan fingerprint density at radius 2 is 1.73 bits per heavy atom. The quantitative estimate of drug-likeness (QED) is 0.526. The summed E-state index contributed by atoms with van der Waals surface area (Å²) >= 11 is 0. The van der Waals surface area contributed by atoms with E-state index in [1.54, 1.807) is 29.1 Å². The van der Waals surface area contributed by atoms with Crippen LogP contribution in [0.25, 0.3) is 0 Å². The summed E-state index contributed by atoms with van der Waals surface area (Å²) in [5.74, 6) is 0. The average Bonchev–Trinajstić information content (AvgIpc) is 2.57. The predicted molar refractivity (Wildman–Crippen MR) is 49.6 cm³/mol. The van der Waals surface area contributed by atoms with Crippen LogP contribution in [0.4, 0.5) is 0 Å². The van der Waals surface area contributed by atoms with Crippen LogP contribution in [-0.2, 0) is 4.74 Å². The maximum absolute atomic E-state index is 9.71. The molecule has 5 nitrogen and oxygen atoms in total. The van der Waals surface area contributed by atoms with Crippen molar-refractivity contribution in [3.05, 3.63) is 30.6 Å². The minimum atomic E-state index is -1.05. The molecular weight excluding hydrogens is 198 g/mol. The molecule has 1 aliphatic heterocycles. The molecule has 15 heavy (non-hydrogen) atoms. The molecule has 0 amide bonds. The molecule has 1 aromatic rings. The van der Waals surface area contributed by atoms with Crippen molar-refractivity contribution < 1.29 is 24.6 Å². The van der Waals surface area contributed by atoms with Crippen molar-refractivity contribution in [2.75, 3.05) is 6.61 Å². The van der Waals surface area contributed by atoms with E-state index >= 15 is 0 Å². The van der Waals surface area contributed by atoms with Crippen LogP contribution in [0.15, 0.2) is 30.6 Å². The minimum absolute atomic E-state index is 0.303. The Bertz CT molecular complexity index is 318. The van der Waals surface area contributed by atoms with Gasteiger partial charge in [0.05, 0.1) is 6.61 Å². The molecule has 5 heteroatoms. The van der Waals surface area contributed by atoms with Crippen LogP contribution in [0.1, 0.15) is 6.23 Å². The van der Waals surface area contributed by atoms with Crippen molar-refractivity contribution in [2.45, 2.75) is 24.5 Å². The van der Waals surface area contributed by atoms with Gasteiger partial charge in [-0.2, -0.15) is 4.57 Å². The molecule has 2 rings (SSSR count). The highest BCUT2D eigenvalue weighted by Gasteiger charge is 2.47. The summed E-state index contributed by atoms with van der Waals surface area (Å²) in [7, 11) is 0. The maximum Gasteiger partial charge on any atom is 0.292 e. The first-order valence-corrected chi connectivity index (χ1v) is 4.82. The topological polar surface area (TPSA) is 73.8 Å². The Kier molecular flexibility index (Phi) is 2.97. The van der Waals surface area contributed by atoms with Crippen molar-refractivity contribution >= 4 is 0 Å². The molecular formula is C10H14NO4+. The van der Waals surface area contributed by atoms with Crippen molar-refractivity contribution in [1.82, 2.24) is 0 Å². The summed E-state index contributed by atoms with van der Waals surface area (Å²) in [4.78, 5) is 0. The Morgan fingerprint density at radius 1 is 1.07 bits per heavy atom. The largest absolute Gasteiger partial charge is 0.394 e. The zero-order chi connectivity index (χ0) is 10.8. The number of hydrogen-bond acceptors (Lipinski definition) is 4. The zero-order valence-corrected chi connectivity index (χ0v) is 8.10. The molecule has 1 saturated heterocycles. The van der Waals surface area contributed by atoms with Gasteiger partial charge in [-0.05, 0) is 0 Å². The molecule has 0 bridgehead atoms. The third kappa shape index (κ3) is 1.87. The fourth-order valence-corrected chi connectivity index (χ4v) is 1.71. The summed E-state index contributed by atoms with van der Waals surface area (Å²) in [5, 5.41) is 28.2. The van der Waals surface area contributed by atoms with Crippen LogP contribution < -0.4 is 4.57 Å². The highest BCUT2D eigenvalue weighted by atomic mass is 16.6. The number of ether oxygens (including phenoxy) is 1. The Morgan fingerprint density at radius 3 is 2.27 bits per heavy atom. The van der Waals surface area contributed by atoms with Gasteiger partial charge in [-0.1, -0.05) is 6.07 Å². The molecule has 3 N–H and O–H groups in total. The van der Waals surface area contributed by atoms with Crippen molar-refractivity contribution in [3.8, 4) is 0 Å². The van der Waals surface area contributed by atoms with E-state index in [9.17, 15) is 10.2 Å². The lowest BCUT2D eigenvalue weighted by molar-refractivity contribution is -0.765. The van der Waals surface area contributed by atoms with Crippen molar-refractivity contribution in [3.63, 3.8) is 0 Å². The monoisotopic (exact) mass is 212 g/mol. The van der Waals surface area contributed by atoms with Gasteiger partial charge in [0.2, 0.25) is 0 Å². The highest BCUT2D eigenvalue weighted by Crippen LogP contribution is 2.24. The normalized spacial score (nSPS) is 35.7. The molecule has 1 aromatic heterocycles. The number of pyridine rings is 1. The van der Waals surface area contributed by atoms with E-state index in [1.807, 2.05) is 6.07 Å². The van der Waals surface area contributed by atoms with E-state index in [4.69, 9.17) is 9.84 Å². The van der Waals surface area contributed by atoms with Gasteiger partial charge in [-0.15, -0.1) is 0 Å². The maximum atomic E-state index is 9.71. The van der Waals surface area contributed by atoms with Gasteiger partial charge < -0.3 is 20.1 Å². The molecule has 2 heterocycles. The van der Waals surface area contributed by atoms with Crippen LogP contribution in [0, 0.1) is 0 Å². The van der Waals surface area contributed by atoms with E-state index in [1.165, 1.54) is 0 Å². The first-order valence-electron chi connectivity index (χ1n) is 4.82. The molecule has 0 radical (unpaired) electrons. The van der Waals surface area contributed by atoms with Gasteiger partial charge in [-0.25, -0.2) is 0 Å². The predicted octanol–water partition coefficient (Wildman–Crippen LogP) is -1.41. The lowest BCUT2D eigenvalue weighted by atomic mass is 10.1. The molecule has 1 aliphatic rings. The minimum Gasteiger partial charge on any atom is -0.394 e. The lowest BCUT2D eigenvalue weighted by Gasteiger charge is -2.09. The molecule has 0 unspecified atom stereocenters. The average molecular weight is 212 g/mol. The van der Waals surface area contributed by atoms with Gasteiger partial charge in [-0.3, -0.25) is 0 Å². The SMILES string of the molecule is OC[C@H]1O[C@@H]([n+]2ccccc2)[C@H](O)[C@@H]1O. The standard InChI is InChI=1S/C10H14NO4/c12-6-7-8(13)9(14)10(15-7)11-4-2-1-3-5-11/h1-5,7-10,12-14H,6H2/q+1/t7-,8-,9-,10-/m1/s1. The second-order valence-corrected chi connectivity index (χ2v) is 3.55. The van der Waals surface area contributed by atoms with Crippen molar-refractivity contribution in [1.29, 1.82) is 0 Å². The Balaban J connectivity index is 2.19. The molecule has 82 valence electrons. The van der Waals surface area contributed by atoms with Crippen LogP contribution in [0.5, 0.6) is 0 Å². The number of aromatic nitrogens is 1. The van der Waals surface area contributed by atoms with Gasteiger partial charge in [0.25, 0.3) is 6.23 Å². The van der Waals surface area contributed by atoms with Gasteiger partial charge in [0.15, 0.2) is 18.5 Å². The van der Waals surface area contributed by atoms with Gasteiger partial charge >= 0.3 is 0 Å². The molecule has 1 fully saturated rings. The second kappa shape index (κ2) is 4.24. The van der Waals surface area contributed by atoms with Crippen LogP contribution in [0.2, 0.25) is 0 Å². The molecule has 4 atom stereocenters. The Hall–Kier alpha value is -1.01. The number of hydrogen-bond donors (Lipinski definition) is 3. The molecule has 0 aliphatic carbocycles. The summed E-state index contributed by atoms with van der Waals surface area (Å²) in [6.07, 6.45) is 0.0408. The number of aliphatic hydroxyl groups is 3. The van der Waals surface area contributed by atoms with Gasteiger partial charge in [0.1, 0.15) is 12.2 Å².